The summed E-state index contributed by atoms with van der Waals surface area (Å²) in [7, 11) is 1.71. The number of fused-ring (bicyclic) bond motifs is 1. The molecule has 26 heavy (non-hydrogen) atoms. The molecule has 2 heterocycles. The van der Waals surface area contributed by atoms with E-state index in [-0.39, 0.29) is 5.78 Å². The smallest absolute Gasteiger partial charge is 0.225 e. The van der Waals surface area contributed by atoms with E-state index < -0.39 is 0 Å². The number of carbonyl (C=O) groups excluding carboxylic acids is 1. The summed E-state index contributed by atoms with van der Waals surface area (Å²) in [5.41, 5.74) is 2.74. The third kappa shape index (κ3) is 3.11. The largest absolute Gasteiger partial charge is 0.495 e. The van der Waals surface area contributed by atoms with Gasteiger partial charge in [-0.1, -0.05) is 19.1 Å². The molecule has 6 heteroatoms. The maximum atomic E-state index is 12.1. The number of hydrogen-bond donors (Lipinski definition) is 0. The molecule has 1 aromatic heterocycles. The Morgan fingerprint density at radius 1 is 1.08 bits per heavy atom. The van der Waals surface area contributed by atoms with Crippen molar-refractivity contribution in [2.75, 3.05) is 43.1 Å². The highest BCUT2D eigenvalue weighted by Gasteiger charge is 2.26. The predicted octanol–water partition coefficient (Wildman–Crippen LogP) is 2.58. The number of ketones is 1. The van der Waals surface area contributed by atoms with Crippen molar-refractivity contribution in [3.8, 4) is 5.75 Å². The fraction of sp³-hybridized carbons (Fsp3) is 0.450. The lowest BCUT2D eigenvalue weighted by atomic mass is 9.88. The summed E-state index contributed by atoms with van der Waals surface area (Å²) < 4.78 is 5.48. The summed E-state index contributed by atoms with van der Waals surface area (Å²) in [6.07, 6.45) is 3.18. The Morgan fingerprint density at radius 2 is 1.81 bits per heavy atom. The van der Waals surface area contributed by atoms with Gasteiger partial charge in [-0.25, -0.2) is 9.97 Å². The van der Waals surface area contributed by atoms with Gasteiger partial charge in [0.1, 0.15) is 5.75 Å². The lowest BCUT2D eigenvalue weighted by Gasteiger charge is -2.36. The van der Waals surface area contributed by atoms with Crippen molar-refractivity contribution >= 4 is 17.4 Å². The molecule has 4 rings (SSSR count). The van der Waals surface area contributed by atoms with E-state index in [4.69, 9.17) is 9.72 Å². The summed E-state index contributed by atoms with van der Waals surface area (Å²) in [6, 6.07) is 8.11. The second-order valence-corrected chi connectivity index (χ2v) is 7.11. The van der Waals surface area contributed by atoms with E-state index >= 15 is 0 Å². The van der Waals surface area contributed by atoms with E-state index in [9.17, 15) is 4.79 Å². The average molecular weight is 352 g/mol. The first-order valence-electron chi connectivity index (χ1n) is 9.17. The zero-order chi connectivity index (χ0) is 18.1. The van der Waals surface area contributed by atoms with Crippen molar-refractivity contribution in [2.45, 2.75) is 19.8 Å². The van der Waals surface area contributed by atoms with E-state index in [2.05, 4.69) is 27.8 Å². The van der Waals surface area contributed by atoms with Gasteiger partial charge in [-0.05, 0) is 24.5 Å². The zero-order valence-corrected chi connectivity index (χ0v) is 15.3. The lowest BCUT2D eigenvalue weighted by Crippen LogP contribution is -2.47. The maximum absolute atomic E-state index is 12.1. The molecule has 6 nitrogen and oxygen atoms in total. The third-order valence-corrected chi connectivity index (χ3v) is 5.22. The molecule has 2 aromatic rings. The first-order chi connectivity index (χ1) is 12.7. The van der Waals surface area contributed by atoms with Crippen LogP contribution in [-0.4, -0.2) is 49.0 Å². The summed E-state index contributed by atoms with van der Waals surface area (Å²) in [6.45, 7) is 5.57. The maximum Gasteiger partial charge on any atom is 0.225 e. The number of benzene rings is 1. The molecular formula is C20H24N4O2. The van der Waals surface area contributed by atoms with Crippen LogP contribution in [0.3, 0.4) is 0 Å². The van der Waals surface area contributed by atoms with Crippen LogP contribution in [-0.2, 0) is 6.42 Å². The molecule has 1 saturated heterocycles. The molecule has 0 N–H and O–H groups in total. The minimum Gasteiger partial charge on any atom is -0.495 e. The Morgan fingerprint density at radius 3 is 2.58 bits per heavy atom. The summed E-state index contributed by atoms with van der Waals surface area (Å²) in [5.74, 6) is 2.18. The quantitative estimate of drug-likeness (QED) is 0.846. The second kappa shape index (κ2) is 6.94. The number of Topliss-reactive ketones (excluding diaryl/α,β-unsaturated/α-hetero) is 1. The van der Waals surface area contributed by atoms with Crippen LogP contribution >= 0.6 is 0 Å². The minimum atomic E-state index is 0.172. The van der Waals surface area contributed by atoms with Crippen LogP contribution in [0.25, 0.3) is 0 Å². The number of aromatic nitrogens is 2. The normalized spacial score (nSPS) is 20.1. The Balaban J connectivity index is 1.48. The van der Waals surface area contributed by atoms with Gasteiger partial charge < -0.3 is 14.5 Å². The number of rotatable bonds is 3. The van der Waals surface area contributed by atoms with E-state index in [0.717, 1.165) is 55.7 Å². The standard InChI is InChI=1S/C20H24N4O2/c1-14-11-16-15(18(25)12-14)13-21-20(22-16)24-9-7-23(8-10-24)17-5-3-4-6-19(17)26-2/h3-6,13-14H,7-12H2,1-2H3. The Hall–Kier alpha value is -2.63. The van der Waals surface area contributed by atoms with E-state index in [1.165, 1.54) is 0 Å². The number of hydrogen-bond acceptors (Lipinski definition) is 6. The van der Waals surface area contributed by atoms with Gasteiger partial charge in [-0.15, -0.1) is 0 Å². The number of anilines is 2. The Labute approximate surface area is 153 Å². The van der Waals surface area contributed by atoms with Gasteiger partial charge >= 0.3 is 0 Å². The molecule has 136 valence electrons. The van der Waals surface area contributed by atoms with Crippen molar-refractivity contribution in [3.05, 3.63) is 41.7 Å². The molecule has 0 saturated carbocycles. The summed E-state index contributed by atoms with van der Waals surface area (Å²) in [5, 5.41) is 0. The van der Waals surface area contributed by atoms with Gasteiger partial charge in [-0.2, -0.15) is 0 Å². The molecule has 0 amide bonds. The number of para-hydroxylation sites is 2. The molecule has 1 aromatic carbocycles. The fourth-order valence-corrected chi connectivity index (χ4v) is 3.81. The number of nitrogens with zero attached hydrogens (tertiary/aromatic N) is 4. The van der Waals surface area contributed by atoms with Crippen molar-refractivity contribution < 1.29 is 9.53 Å². The third-order valence-electron chi connectivity index (χ3n) is 5.22. The van der Waals surface area contributed by atoms with Gasteiger partial charge in [0.05, 0.1) is 24.1 Å². The van der Waals surface area contributed by atoms with Crippen molar-refractivity contribution in [2.24, 2.45) is 5.92 Å². The van der Waals surface area contributed by atoms with Gasteiger partial charge in [0, 0.05) is 38.8 Å². The molecular weight excluding hydrogens is 328 g/mol. The Kier molecular flexibility index (Phi) is 4.49. The number of methoxy groups -OCH3 is 1. The highest BCUT2D eigenvalue weighted by atomic mass is 16.5. The molecule has 1 unspecified atom stereocenters. The van der Waals surface area contributed by atoms with Gasteiger partial charge in [0.25, 0.3) is 0 Å². The number of piperazine rings is 1. The highest BCUT2D eigenvalue weighted by Crippen LogP contribution is 2.29. The van der Waals surface area contributed by atoms with Gasteiger partial charge in [0.2, 0.25) is 5.95 Å². The Bertz CT molecular complexity index is 815. The fourth-order valence-electron chi connectivity index (χ4n) is 3.81. The molecule has 0 radical (unpaired) electrons. The predicted molar refractivity (Wildman–Crippen MR) is 101 cm³/mol. The summed E-state index contributed by atoms with van der Waals surface area (Å²) in [4.78, 5) is 25.9. The van der Waals surface area contributed by atoms with Crippen LogP contribution < -0.4 is 14.5 Å². The van der Waals surface area contributed by atoms with Crippen LogP contribution in [0.1, 0.15) is 29.4 Å². The van der Waals surface area contributed by atoms with Crippen molar-refractivity contribution in [1.82, 2.24) is 9.97 Å². The summed E-state index contributed by atoms with van der Waals surface area (Å²) >= 11 is 0. The molecule has 0 spiro atoms. The van der Waals surface area contributed by atoms with E-state index in [1.807, 2.05) is 18.2 Å². The second-order valence-electron chi connectivity index (χ2n) is 7.11. The monoisotopic (exact) mass is 352 g/mol. The molecule has 1 fully saturated rings. The molecule has 2 aliphatic rings. The van der Waals surface area contributed by atoms with E-state index in [1.54, 1.807) is 13.3 Å². The highest BCUT2D eigenvalue weighted by molar-refractivity contribution is 5.98. The molecule has 1 aliphatic heterocycles. The average Bonchev–Trinajstić information content (AvgIpc) is 2.67. The van der Waals surface area contributed by atoms with Crippen molar-refractivity contribution in [1.29, 1.82) is 0 Å². The number of carbonyl (C=O) groups is 1. The minimum absolute atomic E-state index is 0.172. The van der Waals surface area contributed by atoms with E-state index in [0.29, 0.717) is 17.9 Å². The first kappa shape index (κ1) is 16.8. The van der Waals surface area contributed by atoms with Gasteiger partial charge in [0.15, 0.2) is 5.78 Å². The van der Waals surface area contributed by atoms with Gasteiger partial charge in [-0.3, -0.25) is 4.79 Å². The van der Waals surface area contributed by atoms with Crippen LogP contribution in [0.4, 0.5) is 11.6 Å². The molecule has 0 bridgehead atoms. The van der Waals surface area contributed by atoms with Crippen LogP contribution in [0, 0.1) is 5.92 Å². The van der Waals surface area contributed by atoms with Crippen molar-refractivity contribution in [3.63, 3.8) is 0 Å². The molecule has 1 aliphatic carbocycles. The lowest BCUT2D eigenvalue weighted by molar-refractivity contribution is 0.0951. The topological polar surface area (TPSA) is 58.6 Å². The van der Waals surface area contributed by atoms with Crippen LogP contribution in [0.5, 0.6) is 5.75 Å². The zero-order valence-electron chi connectivity index (χ0n) is 15.3. The van der Waals surface area contributed by atoms with Crippen LogP contribution in [0.2, 0.25) is 0 Å². The SMILES string of the molecule is COc1ccccc1N1CCN(c2ncc3c(n2)CC(C)CC3=O)CC1. The molecule has 1 atom stereocenters. The first-order valence-corrected chi connectivity index (χ1v) is 9.17. The number of ether oxygens (including phenoxy) is 1. The van der Waals surface area contributed by atoms with Crippen LogP contribution in [0.15, 0.2) is 30.5 Å².